The first-order valence-corrected chi connectivity index (χ1v) is 12.0. The van der Waals surface area contributed by atoms with Crippen LogP contribution < -0.4 is 14.8 Å². The Hall–Kier alpha value is -2.43. The number of aromatic nitrogens is 2. The highest BCUT2D eigenvalue weighted by molar-refractivity contribution is 7.90. The molecule has 0 unspecified atom stereocenters. The minimum Gasteiger partial charge on any atom is -0.475 e. The summed E-state index contributed by atoms with van der Waals surface area (Å²) in [5.41, 5.74) is 2.16. The number of amides is 2. The molecule has 0 radical (unpaired) electrons. The molecule has 2 N–H and O–H groups in total. The summed E-state index contributed by atoms with van der Waals surface area (Å²) >= 11 is 6.25. The summed E-state index contributed by atoms with van der Waals surface area (Å²) in [7, 11) is -0.503. The summed E-state index contributed by atoms with van der Waals surface area (Å²) in [5.74, 6) is 0.164. The number of hydrogen-bond donors (Lipinski definition) is 2. The van der Waals surface area contributed by atoms with Gasteiger partial charge >= 0.3 is 6.03 Å². The zero-order chi connectivity index (χ0) is 24.1. The Bertz CT molecular complexity index is 1030. The zero-order valence-electron chi connectivity index (χ0n) is 19.1. The first kappa shape index (κ1) is 25.8. The van der Waals surface area contributed by atoms with Crippen LogP contribution in [0, 0.1) is 0 Å². The summed E-state index contributed by atoms with van der Waals surface area (Å²) in [6.45, 7) is 8.79. The van der Waals surface area contributed by atoms with Gasteiger partial charge in [-0.25, -0.2) is 9.52 Å². The van der Waals surface area contributed by atoms with Gasteiger partial charge in [-0.05, 0) is 49.2 Å². The fourth-order valence-electron chi connectivity index (χ4n) is 2.88. The van der Waals surface area contributed by atoms with Crippen LogP contribution in [-0.4, -0.2) is 56.6 Å². The van der Waals surface area contributed by atoms with E-state index in [1.54, 1.807) is 12.1 Å². The first-order valence-electron chi connectivity index (χ1n) is 10.2. The Morgan fingerprint density at radius 1 is 1.12 bits per heavy atom. The van der Waals surface area contributed by atoms with Crippen molar-refractivity contribution in [2.45, 2.75) is 44.6 Å². The maximum Gasteiger partial charge on any atom is 0.333 e. The molecule has 2 aromatic rings. The number of urea groups is 1. The van der Waals surface area contributed by atoms with Gasteiger partial charge in [-0.3, -0.25) is 4.98 Å². The van der Waals surface area contributed by atoms with Crippen LogP contribution in [0.1, 0.15) is 50.7 Å². The van der Waals surface area contributed by atoms with Crippen molar-refractivity contribution in [1.29, 1.82) is 0 Å². The van der Waals surface area contributed by atoms with Gasteiger partial charge in [0, 0.05) is 17.3 Å². The van der Waals surface area contributed by atoms with E-state index in [-0.39, 0.29) is 17.7 Å². The molecule has 0 spiro atoms. The molecule has 0 aliphatic rings. The third kappa shape index (κ3) is 7.04. The topological polar surface area (TPSA) is 114 Å². The van der Waals surface area contributed by atoms with Crippen molar-refractivity contribution in [3.05, 3.63) is 40.7 Å². The number of ether oxygens (including phenoxy) is 1. The number of likely N-dealkylation sites (N-methyl/N-ethyl adjacent to an activating group) is 1. The number of sulfonamides is 1. The normalized spacial score (nSPS) is 11.8. The van der Waals surface area contributed by atoms with Gasteiger partial charge in [0.05, 0.1) is 12.4 Å². The predicted octanol–water partition coefficient (Wildman–Crippen LogP) is 3.83. The Balaban J connectivity index is 2.23. The Morgan fingerprint density at radius 3 is 2.25 bits per heavy atom. The number of hydrogen-bond acceptors (Lipinski definition) is 7. The molecule has 2 rings (SSSR count). The van der Waals surface area contributed by atoms with E-state index < -0.39 is 21.1 Å². The summed E-state index contributed by atoms with van der Waals surface area (Å²) in [5, 5.41) is 2.82. The van der Waals surface area contributed by atoms with Crippen molar-refractivity contribution in [3.63, 3.8) is 0 Å². The van der Waals surface area contributed by atoms with Crippen molar-refractivity contribution in [3.8, 4) is 5.88 Å². The molecule has 9 nitrogen and oxygen atoms in total. The van der Waals surface area contributed by atoms with Crippen LogP contribution in [0.5, 0.6) is 5.88 Å². The molecule has 1 aromatic heterocycles. The van der Waals surface area contributed by atoms with Crippen LogP contribution in [0.25, 0.3) is 0 Å². The standard InChI is InChI=1S/C21H30ClN5O4S/c1-13(2)16-9-15(22)10-17(14(3)4)20(16)25-21(28)26-32(29,30)19-12-23-11-18(24-19)31-8-7-27(5)6/h9-14H,7-8H2,1-6H3,(H2,25,26,28). The number of carbonyl (C=O) groups is 1. The van der Waals surface area contributed by atoms with Crippen molar-refractivity contribution in [2.75, 3.05) is 32.6 Å². The lowest BCUT2D eigenvalue weighted by atomic mass is 9.92. The van der Waals surface area contributed by atoms with Crippen molar-refractivity contribution in [1.82, 2.24) is 19.6 Å². The fourth-order valence-corrected chi connectivity index (χ4v) is 3.93. The average molecular weight is 484 g/mol. The van der Waals surface area contributed by atoms with E-state index >= 15 is 0 Å². The van der Waals surface area contributed by atoms with E-state index in [9.17, 15) is 13.2 Å². The van der Waals surface area contributed by atoms with Gasteiger partial charge in [-0.2, -0.15) is 13.4 Å². The Morgan fingerprint density at radius 2 is 1.72 bits per heavy atom. The molecule has 0 atom stereocenters. The van der Waals surface area contributed by atoms with Crippen LogP contribution in [-0.2, 0) is 10.0 Å². The quantitative estimate of drug-likeness (QED) is 0.557. The molecule has 0 aliphatic heterocycles. The molecule has 1 heterocycles. The molecule has 32 heavy (non-hydrogen) atoms. The van der Waals surface area contributed by atoms with Gasteiger partial charge < -0.3 is 15.0 Å². The van der Waals surface area contributed by atoms with E-state index in [4.69, 9.17) is 16.3 Å². The van der Waals surface area contributed by atoms with Gasteiger partial charge in [0.25, 0.3) is 10.0 Å². The zero-order valence-corrected chi connectivity index (χ0v) is 20.7. The molecule has 0 aliphatic carbocycles. The van der Waals surface area contributed by atoms with Crippen molar-refractivity contribution in [2.24, 2.45) is 0 Å². The monoisotopic (exact) mass is 483 g/mol. The van der Waals surface area contributed by atoms with Gasteiger partial charge in [0.1, 0.15) is 6.61 Å². The molecule has 0 saturated heterocycles. The lowest BCUT2D eigenvalue weighted by molar-refractivity contribution is 0.251. The molecular formula is C21H30ClN5O4S. The molecule has 11 heteroatoms. The van der Waals surface area contributed by atoms with Crippen LogP contribution >= 0.6 is 11.6 Å². The number of anilines is 1. The number of rotatable bonds is 9. The average Bonchev–Trinajstić information content (AvgIpc) is 2.68. The lowest BCUT2D eigenvalue weighted by Crippen LogP contribution is -2.35. The molecule has 0 fully saturated rings. The van der Waals surface area contributed by atoms with Crippen LogP contribution in [0.2, 0.25) is 5.02 Å². The summed E-state index contributed by atoms with van der Waals surface area (Å²) in [6, 6.07) is 2.63. The second-order valence-corrected chi connectivity index (χ2v) is 10.2. The largest absolute Gasteiger partial charge is 0.475 e. The van der Waals surface area contributed by atoms with E-state index in [1.807, 2.05) is 51.4 Å². The molecule has 0 saturated carbocycles. The number of nitrogens with zero attached hydrogens (tertiary/aromatic N) is 3. The summed E-state index contributed by atoms with van der Waals surface area (Å²) in [6.07, 6.45) is 2.36. The summed E-state index contributed by atoms with van der Waals surface area (Å²) in [4.78, 5) is 22.4. The maximum atomic E-state index is 12.7. The van der Waals surface area contributed by atoms with Gasteiger partial charge in [-0.1, -0.05) is 39.3 Å². The SMILES string of the molecule is CC(C)c1cc(Cl)cc(C(C)C)c1NC(=O)NS(=O)(=O)c1cncc(OCCN(C)C)n1. The number of benzene rings is 1. The van der Waals surface area contributed by atoms with E-state index in [0.717, 1.165) is 17.3 Å². The van der Waals surface area contributed by atoms with Crippen LogP contribution in [0.3, 0.4) is 0 Å². The maximum absolute atomic E-state index is 12.7. The van der Waals surface area contributed by atoms with Crippen molar-refractivity contribution >= 4 is 33.3 Å². The minimum absolute atomic E-state index is 0.0528. The van der Waals surface area contributed by atoms with Gasteiger partial charge in [0.15, 0.2) is 5.03 Å². The second-order valence-electron chi connectivity index (χ2n) is 8.18. The number of halogens is 1. The number of carbonyl (C=O) groups excluding carboxylic acids is 1. The van der Waals surface area contributed by atoms with E-state index in [2.05, 4.69) is 15.3 Å². The summed E-state index contributed by atoms with van der Waals surface area (Å²) < 4.78 is 32.8. The van der Waals surface area contributed by atoms with Crippen molar-refractivity contribution < 1.29 is 17.9 Å². The molecule has 1 aromatic carbocycles. The van der Waals surface area contributed by atoms with Gasteiger partial charge in [-0.15, -0.1) is 0 Å². The lowest BCUT2D eigenvalue weighted by Gasteiger charge is -2.21. The molecule has 0 bridgehead atoms. The van der Waals surface area contributed by atoms with Crippen LogP contribution in [0.4, 0.5) is 10.5 Å². The van der Waals surface area contributed by atoms with E-state index in [0.29, 0.717) is 23.9 Å². The van der Waals surface area contributed by atoms with Crippen LogP contribution in [0.15, 0.2) is 29.6 Å². The highest BCUT2D eigenvalue weighted by Gasteiger charge is 2.23. The first-order chi connectivity index (χ1) is 14.9. The smallest absolute Gasteiger partial charge is 0.333 e. The molecule has 176 valence electrons. The molecule has 2 amide bonds. The fraction of sp³-hybridized carbons (Fsp3) is 0.476. The minimum atomic E-state index is -4.27. The molecular weight excluding hydrogens is 454 g/mol. The second kappa shape index (κ2) is 10.9. The highest BCUT2D eigenvalue weighted by Crippen LogP contribution is 2.35. The Kier molecular flexibility index (Phi) is 8.82. The van der Waals surface area contributed by atoms with E-state index in [1.165, 1.54) is 6.20 Å². The van der Waals surface area contributed by atoms with Gasteiger partial charge in [0.2, 0.25) is 5.88 Å². The third-order valence-electron chi connectivity index (χ3n) is 4.53. The highest BCUT2D eigenvalue weighted by atomic mass is 35.5. The Labute approximate surface area is 194 Å². The third-order valence-corrected chi connectivity index (χ3v) is 5.95. The number of nitrogens with one attached hydrogen (secondary N) is 2. The predicted molar refractivity (Wildman–Crippen MR) is 125 cm³/mol.